The Hall–Kier alpha value is -0.120. The fourth-order valence-corrected chi connectivity index (χ4v) is 2.65. The first kappa shape index (κ1) is 15.9. The molecule has 0 amide bonds. The lowest BCUT2D eigenvalue weighted by Crippen LogP contribution is -2.49. The molecule has 3 unspecified atom stereocenters. The van der Waals surface area contributed by atoms with Gasteiger partial charge in [-0.2, -0.15) is 0 Å². The van der Waals surface area contributed by atoms with Crippen LogP contribution in [0.4, 0.5) is 0 Å². The molecule has 1 rings (SSSR count). The van der Waals surface area contributed by atoms with Gasteiger partial charge < -0.3 is 15.3 Å². The number of nitrogens with zero attached hydrogens (tertiary/aromatic N) is 1. The minimum atomic E-state index is -0.0945. The van der Waals surface area contributed by atoms with Crippen molar-refractivity contribution in [2.24, 2.45) is 11.3 Å². The number of piperidine rings is 1. The highest BCUT2D eigenvalue weighted by atomic mass is 16.3. The van der Waals surface area contributed by atoms with Gasteiger partial charge in [-0.3, -0.25) is 0 Å². The minimum absolute atomic E-state index is 0.0945. The maximum atomic E-state index is 9.79. The first-order valence-electron chi connectivity index (χ1n) is 7.50. The van der Waals surface area contributed by atoms with Crippen molar-refractivity contribution in [2.75, 3.05) is 26.2 Å². The zero-order valence-corrected chi connectivity index (χ0v) is 12.9. The minimum Gasteiger partial charge on any atom is -0.393 e. The average molecular weight is 256 g/mol. The van der Waals surface area contributed by atoms with E-state index in [1.165, 1.54) is 6.42 Å². The Labute approximate surface area is 113 Å². The van der Waals surface area contributed by atoms with Gasteiger partial charge in [-0.15, -0.1) is 0 Å². The molecule has 0 radical (unpaired) electrons. The van der Waals surface area contributed by atoms with Gasteiger partial charge in [0, 0.05) is 32.2 Å². The highest BCUT2D eigenvalue weighted by molar-refractivity contribution is 4.84. The van der Waals surface area contributed by atoms with E-state index in [0.717, 1.165) is 32.6 Å². The molecule has 3 atom stereocenters. The van der Waals surface area contributed by atoms with Gasteiger partial charge in [0.25, 0.3) is 0 Å². The maximum absolute atomic E-state index is 9.79. The summed E-state index contributed by atoms with van der Waals surface area (Å²) in [6, 6.07) is 0.554. The highest BCUT2D eigenvalue weighted by Crippen LogP contribution is 2.25. The quantitative estimate of drug-likeness (QED) is 0.764. The molecule has 0 aromatic carbocycles. The number of rotatable bonds is 6. The Bertz CT molecular complexity index is 245. The molecule has 1 aliphatic rings. The van der Waals surface area contributed by atoms with Crippen molar-refractivity contribution in [1.82, 2.24) is 10.2 Å². The van der Waals surface area contributed by atoms with Crippen LogP contribution in [-0.4, -0.2) is 48.3 Å². The maximum Gasteiger partial charge on any atom is 0.0590 e. The third-order valence-electron chi connectivity index (χ3n) is 4.34. The normalized spacial score (nSPS) is 29.5. The molecule has 0 aromatic rings. The second-order valence-electron chi connectivity index (χ2n) is 6.77. The van der Waals surface area contributed by atoms with Crippen LogP contribution in [0.25, 0.3) is 0 Å². The van der Waals surface area contributed by atoms with Gasteiger partial charge in [0.15, 0.2) is 0 Å². The molecule has 1 heterocycles. The molecule has 108 valence electrons. The van der Waals surface area contributed by atoms with E-state index in [-0.39, 0.29) is 6.10 Å². The molecule has 0 aromatic heterocycles. The molecule has 0 aliphatic carbocycles. The van der Waals surface area contributed by atoms with Gasteiger partial charge in [-0.1, -0.05) is 34.6 Å². The number of hydrogen-bond acceptors (Lipinski definition) is 3. The van der Waals surface area contributed by atoms with Crippen molar-refractivity contribution in [1.29, 1.82) is 0 Å². The molecule has 2 N–H and O–H groups in total. The van der Waals surface area contributed by atoms with Crippen LogP contribution in [-0.2, 0) is 0 Å². The monoisotopic (exact) mass is 256 g/mol. The SMILES string of the molecule is CCC(C)(CNC(C)C)CN1CCC(O)C(C)C1. The molecule has 3 nitrogen and oxygen atoms in total. The summed E-state index contributed by atoms with van der Waals surface area (Å²) in [6.07, 6.45) is 2.03. The van der Waals surface area contributed by atoms with E-state index < -0.39 is 0 Å². The van der Waals surface area contributed by atoms with Crippen molar-refractivity contribution < 1.29 is 5.11 Å². The Kier molecular flexibility index (Phi) is 6.09. The standard InChI is InChI=1S/C15H32N2O/c1-6-15(5,10-16-12(2)3)11-17-8-7-14(18)13(4)9-17/h12-14,16,18H,6-11H2,1-5H3. The van der Waals surface area contributed by atoms with Crippen LogP contribution in [0, 0.1) is 11.3 Å². The van der Waals surface area contributed by atoms with Gasteiger partial charge in [-0.05, 0) is 24.2 Å². The van der Waals surface area contributed by atoms with Crippen LogP contribution in [0.2, 0.25) is 0 Å². The summed E-state index contributed by atoms with van der Waals surface area (Å²) in [5.41, 5.74) is 0.340. The fraction of sp³-hybridized carbons (Fsp3) is 1.00. The van der Waals surface area contributed by atoms with Crippen molar-refractivity contribution in [2.45, 2.75) is 59.6 Å². The molecular formula is C15H32N2O. The lowest BCUT2D eigenvalue weighted by atomic mass is 9.85. The highest BCUT2D eigenvalue weighted by Gasteiger charge is 2.30. The van der Waals surface area contributed by atoms with Crippen molar-refractivity contribution in [3.8, 4) is 0 Å². The molecule has 1 fully saturated rings. The number of aliphatic hydroxyl groups is 1. The third kappa shape index (κ3) is 4.87. The second kappa shape index (κ2) is 6.88. The van der Waals surface area contributed by atoms with E-state index in [4.69, 9.17) is 0 Å². The largest absolute Gasteiger partial charge is 0.393 e. The summed E-state index contributed by atoms with van der Waals surface area (Å²) >= 11 is 0. The van der Waals surface area contributed by atoms with Gasteiger partial charge >= 0.3 is 0 Å². The summed E-state index contributed by atoms with van der Waals surface area (Å²) < 4.78 is 0. The summed E-state index contributed by atoms with van der Waals surface area (Å²) in [7, 11) is 0. The first-order chi connectivity index (χ1) is 8.36. The predicted molar refractivity (Wildman–Crippen MR) is 77.8 cm³/mol. The van der Waals surface area contributed by atoms with Gasteiger partial charge in [0.2, 0.25) is 0 Å². The van der Waals surface area contributed by atoms with E-state index in [1.54, 1.807) is 0 Å². The number of likely N-dealkylation sites (tertiary alicyclic amines) is 1. The number of hydrogen-bond donors (Lipinski definition) is 2. The van der Waals surface area contributed by atoms with Crippen molar-refractivity contribution in [3.63, 3.8) is 0 Å². The summed E-state index contributed by atoms with van der Waals surface area (Å²) in [5, 5.41) is 13.4. The van der Waals surface area contributed by atoms with Crippen LogP contribution in [0.3, 0.4) is 0 Å². The zero-order chi connectivity index (χ0) is 13.8. The summed E-state index contributed by atoms with van der Waals surface area (Å²) in [6.45, 7) is 15.5. The Morgan fingerprint density at radius 2 is 2.11 bits per heavy atom. The first-order valence-corrected chi connectivity index (χ1v) is 7.50. The van der Waals surface area contributed by atoms with Gasteiger partial charge in [-0.25, -0.2) is 0 Å². The van der Waals surface area contributed by atoms with E-state index in [2.05, 4.69) is 44.8 Å². The van der Waals surface area contributed by atoms with E-state index in [1.807, 2.05) is 0 Å². The lowest BCUT2D eigenvalue weighted by Gasteiger charge is -2.40. The van der Waals surface area contributed by atoms with Crippen molar-refractivity contribution >= 4 is 0 Å². The molecule has 0 bridgehead atoms. The third-order valence-corrected chi connectivity index (χ3v) is 4.34. The van der Waals surface area contributed by atoms with Gasteiger partial charge in [0.05, 0.1) is 6.10 Å². The molecule has 18 heavy (non-hydrogen) atoms. The zero-order valence-electron chi connectivity index (χ0n) is 12.9. The predicted octanol–water partition coefficient (Wildman–Crippen LogP) is 2.10. The lowest BCUT2D eigenvalue weighted by molar-refractivity contribution is 0.0178. The number of aliphatic hydroxyl groups excluding tert-OH is 1. The Morgan fingerprint density at radius 3 is 2.61 bits per heavy atom. The topological polar surface area (TPSA) is 35.5 Å². The van der Waals surface area contributed by atoms with Crippen LogP contribution in [0.5, 0.6) is 0 Å². The Morgan fingerprint density at radius 1 is 1.44 bits per heavy atom. The molecule has 3 heteroatoms. The molecule has 0 saturated carbocycles. The fourth-order valence-electron chi connectivity index (χ4n) is 2.65. The number of nitrogens with one attached hydrogen (secondary N) is 1. The molecule has 1 aliphatic heterocycles. The van der Waals surface area contributed by atoms with Crippen LogP contribution in [0.15, 0.2) is 0 Å². The summed E-state index contributed by atoms with van der Waals surface area (Å²) in [4.78, 5) is 2.53. The van der Waals surface area contributed by atoms with Crippen LogP contribution in [0.1, 0.15) is 47.5 Å². The van der Waals surface area contributed by atoms with Crippen LogP contribution < -0.4 is 5.32 Å². The van der Waals surface area contributed by atoms with E-state index in [9.17, 15) is 5.11 Å². The molecule has 0 spiro atoms. The van der Waals surface area contributed by atoms with Gasteiger partial charge in [0.1, 0.15) is 0 Å². The van der Waals surface area contributed by atoms with Crippen molar-refractivity contribution in [3.05, 3.63) is 0 Å². The smallest absolute Gasteiger partial charge is 0.0590 e. The second-order valence-corrected chi connectivity index (χ2v) is 6.77. The van der Waals surface area contributed by atoms with E-state index in [0.29, 0.717) is 17.4 Å². The van der Waals surface area contributed by atoms with Crippen LogP contribution >= 0.6 is 0 Å². The Balaban J connectivity index is 2.46. The average Bonchev–Trinajstić information content (AvgIpc) is 2.31. The molecular weight excluding hydrogens is 224 g/mol. The van der Waals surface area contributed by atoms with E-state index >= 15 is 0 Å². The summed E-state index contributed by atoms with van der Waals surface area (Å²) in [5.74, 6) is 0.415. The molecule has 1 saturated heterocycles.